The van der Waals surface area contributed by atoms with Gasteiger partial charge in [0.25, 0.3) is 0 Å². The summed E-state index contributed by atoms with van der Waals surface area (Å²) in [6.07, 6.45) is 3.74. The van der Waals surface area contributed by atoms with Gasteiger partial charge in [0.2, 0.25) is 0 Å². The van der Waals surface area contributed by atoms with E-state index in [0.717, 1.165) is 27.3 Å². The zero-order chi connectivity index (χ0) is 11.8. The van der Waals surface area contributed by atoms with Crippen LogP contribution in [-0.4, -0.2) is 15.0 Å². The van der Waals surface area contributed by atoms with E-state index in [9.17, 15) is 0 Å². The van der Waals surface area contributed by atoms with Crippen molar-refractivity contribution in [2.45, 2.75) is 13.5 Å². The molecule has 3 aromatic rings. The molecule has 0 aliphatic rings. The predicted octanol–water partition coefficient (Wildman–Crippen LogP) is 2.45. The van der Waals surface area contributed by atoms with Gasteiger partial charge in [0, 0.05) is 34.8 Å². The Morgan fingerprint density at radius 2 is 2.35 bits per heavy atom. The highest BCUT2D eigenvalue weighted by molar-refractivity contribution is 7.12. The van der Waals surface area contributed by atoms with Gasteiger partial charge in [-0.1, -0.05) is 0 Å². The number of hydrogen-bond donors (Lipinski definition) is 2. The van der Waals surface area contributed by atoms with Crippen LogP contribution >= 0.6 is 11.3 Å². The molecule has 4 nitrogen and oxygen atoms in total. The van der Waals surface area contributed by atoms with Crippen molar-refractivity contribution < 1.29 is 0 Å². The smallest absolute Gasteiger partial charge is 0.137 e. The molecule has 3 N–H and O–H groups in total. The van der Waals surface area contributed by atoms with Gasteiger partial charge in [-0.2, -0.15) is 0 Å². The largest absolute Gasteiger partial charge is 0.345 e. The van der Waals surface area contributed by atoms with Crippen molar-refractivity contribution in [1.29, 1.82) is 0 Å². The first-order chi connectivity index (χ1) is 8.29. The van der Waals surface area contributed by atoms with Gasteiger partial charge in [-0.15, -0.1) is 11.3 Å². The molecule has 0 bridgehead atoms. The monoisotopic (exact) mass is 244 g/mol. The molecule has 0 saturated heterocycles. The lowest BCUT2D eigenvalue weighted by atomic mass is 10.1. The Labute approximate surface area is 103 Å². The third-order valence-electron chi connectivity index (χ3n) is 2.72. The standard InChI is InChI=1S/C12H12N4S/c1-7-11(16-10(5-13)17-7)9-6-15-12-8(9)3-2-4-14-12/h2-4,6H,5,13H2,1H3,(H,14,15). The van der Waals surface area contributed by atoms with Gasteiger partial charge in [-0.05, 0) is 19.1 Å². The predicted molar refractivity (Wildman–Crippen MR) is 69.8 cm³/mol. The molecular weight excluding hydrogens is 232 g/mol. The fraction of sp³-hybridized carbons (Fsp3) is 0.167. The van der Waals surface area contributed by atoms with E-state index in [-0.39, 0.29) is 0 Å². The molecule has 0 amide bonds. The van der Waals surface area contributed by atoms with Gasteiger partial charge in [0.05, 0.1) is 5.69 Å². The second kappa shape index (κ2) is 3.94. The average Bonchev–Trinajstić information content (AvgIpc) is 2.92. The third-order valence-corrected chi connectivity index (χ3v) is 3.71. The maximum Gasteiger partial charge on any atom is 0.137 e. The van der Waals surface area contributed by atoms with E-state index in [0.29, 0.717) is 6.54 Å². The van der Waals surface area contributed by atoms with Gasteiger partial charge < -0.3 is 10.7 Å². The van der Waals surface area contributed by atoms with Crippen molar-refractivity contribution in [2.24, 2.45) is 5.73 Å². The number of nitrogens with two attached hydrogens (primary N) is 1. The summed E-state index contributed by atoms with van der Waals surface area (Å²) in [5.41, 5.74) is 8.63. The molecular formula is C12H12N4S. The minimum absolute atomic E-state index is 0.492. The van der Waals surface area contributed by atoms with E-state index in [1.807, 2.05) is 12.3 Å². The minimum Gasteiger partial charge on any atom is -0.345 e. The van der Waals surface area contributed by atoms with E-state index in [4.69, 9.17) is 5.73 Å². The van der Waals surface area contributed by atoms with Crippen LogP contribution in [0, 0.1) is 6.92 Å². The Bertz CT molecular complexity index is 668. The Morgan fingerprint density at radius 3 is 3.12 bits per heavy atom. The number of rotatable bonds is 2. The molecule has 3 rings (SSSR count). The van der Waals surface area contributed by atoms with Crippen LogP contribution in [0.25, 0.3) is 22.3 Å². The second-order valence-corrected chi connectivity index (χ2v) is 5.11. The van der Waals surface area contributed by atoms with Crippen molar-refractivity contribution in [3.8, 4) is 11.3 Å². The summed E-state index contributed by atoms with van der Waals surface area (Å²) in [6, 6.07) is 3.99. The maximum atomic E-state index is 5.63. The van der Waals surface area contributed by atoms with Gasteiger partial charge in [-0.25, -0.2) is 9.97 Å². The van der Waals surface area contributed by atoms with Crippen LogP contribution in [-0.2, 0) is 6.54 Å². The van der Waals surface area contributed by atoms with Crippen molar-refractivity contribution in [1.82, 2.24) is 15.0 Å². The Balaban J connectivity index is 2.23. The highest BCUT2D eigenvalue weighted by Gasteiger charge is 2.13. The molecule has 0 unspecified atom stereocenters. The summed E-state index contributed by atoms with van der Waals surface area (Å²) in [4.78, 5) is 13.2. The molecule has 3 heterocycles. The number of fused-ring (bicyclic) bond motifs is 1. The van der Waals surface area contributed by atoms with E-state index in [1.165, 1.54) is 4.88 Å². The second-order valence-electron chi connectivity index (χ2n) is 3.82. The van der Waals surface area contributed by atoms with Crippen LogP contribution in [0.4, 0.5) is 0 Å². The summed E-state index contributed by atoms with van der Waals surface area (Å²) in [5, 5.41) is 2.07. The van der Waals surface area contributed by atoms with Crippen LogP contribution in [0.1, 0.15) is 9.88 Å². The number of H-pyrrole nitrogens is 1. The summed E-state index contributed by atoms with van der Waals surface area (Å²) in [6.45, 7) is 2.56. The highest BCUT2D eigenvalue weighted by Crippen LogP contribution is 2.32. The molecule has 86 valence electrons. The quantitative estimate of drug-likeness (QED) is 0.727. The van der Waals surface area contributed by atoms with E-state index < -0.39 is 0 Å². The topological polar surface area (TPSA) is 67.6 Å². The van der Waals surface area contributed by atoms with Crippen molar-refractivity contribution in [3.63, 3.8) is 0 Å². The van der Waals surface area contributed by atoms with Crippen molar-refractivity contribution in [2.75, 3.05) is 0 Å². The average molecular weight is 244 g/mol. The fourth-order valence-corrected chi connectivity index (χ4v) is 2.77. The molecule has 0 aliphatic heterocycles. The minimum atomic E-state index is 0.492. The first kappa shape index (κ1) is 10.4. The van der Waals surface area contributed by atoms with Crippen LogP contribution in [0.5, 0.6) is 0 Å². The first-order valence-electron chi connectivity index (χ1n) is 5.38. The van der Waals surface area contributed by atoms with Gasteiger partial charge >= 0.3 is 0 Å². The number of aromatic amines is 1. The zero-order valence-corrected chi connectivity index (χ0v) is 10.2. The van der Waals surface area contributed by atoms with Crippen molar-refractivity contribution in [3.05, 3.63) is 34.4 Å². The number of thiazole rings is 1. The molecule has 5 heteroatoms. The zero-order valence-electron chi connectivity index (χ0n) is 9.40. The van der Waals surface area contributed by atoms with Gasteiger partial charge in [0.1, 0.15) is 10.7 Å². The Morgan fingerprint density at radius 1 is 1.47 bits per heavy atom. The van der Waals surface area contributed by atoms with Crippen LogP contribution in [0.3, 0.4) is 0 Å². The van der Waals surface area contributed by atoms with Crippen molar-refractivity contribution >= 4 is 22.4 Å². The molecule has 3 aromatic heterocycles. The molecule has 17 heavy (non-hydrogen) atoms. The van der Waals surface area contributed by atoms with E-state index in [1.54, 1.807) is 17.5 Å². The lowest BCUT2D eigenvalue weighted by molar-refractivity contribution is 1.04. The molecule has 0 radical (unpaired) electrons. The van der Waals surface area contributed by atoms with Gasteiger partial charge in [0.15, 0.2) is 0 Å². The summed E-state index contributed by atoms with van der Waals surface area (Å²) < 4.78 is 0. The Hall–Kier alpha value is -1.72. The number of pyridine rings is 1. The lowest BCUT2D eigenvalue weighted by Gasteiger charge is -1.95. The van der Waals surface area contributed by atoms with Crippen LogP contribution in [0.15, 0.2) is 24.5 Å². The lowest BCUT2D eigenvalue weighted by Crippen LogP contribution is -1.94. The maximum absolute atomic E-state index is 5.63. The Kier molecular flexibility index (Phi) is 2.42. The normalized spacial score (nSPS) is 11.2. The molecule has 0 atom stereocenters. The number of hydrogen-bond acceptors (Lipinski definition) is 4. The summed E-state index contributed by atoms with van der Waals surface area (Å²) >= 11 is 1.65. The molecule has 0 aliphatic carbocycles. The molecule has 0 aromatic carbocycles. The summed E-state index contributed by atoms with van der Waals surface area (Å²) in [7, 11) is 0. The summed E-state index contributed by atoms with van der Waals surface area (Å²) in [5.74, 6) is 0. The molecule has 0 fully saturated rings. The first-order valence-corrected chi connectivity index (χ1v) is 6.20. The SMILES string of the molecule is Cc1sc(CN)nc1-c1c[nH]c2ncccc12. The number of nitrogens with zero attached hydrogens (tertiary/aromatic N) is 2. The van der Waals surface area contributed by atoms with Crippen LogP contribution in [0.2, 0.25) is 0 Å². The molecule has 0 spiro atoms. The van der Waals surface area contributed by atoms with Crippen LogP contribution < -0.4 is 5.73 Å². The molecule has 0 saturated carbocycles. The van der Waals surface area contributed by atoms with E-state index >= 15 is 0 Å². The number of aromatic nitrogens is 3. The fourth-order valence-electron chi connectivity index (χ4n) is 1.94. The third kappa shape index (κ3) is 1.64. The van der Waals surface area contributed by atoms with Gasteiger partial charge in [-0.3, -0.25) is 0 Å². The highest BCUT2D eigenvalue weighted by atomic mass is 32.1. The number of aryl methyl sites for hydroxylation is 1. The number of nitrogens with one attached hydrogen (secondary N) is 1. The van der Waals surface area contributed by atoms with E-state index in [2.05, 4.69) is 27.9 Å².